The fraction of sp³-hybridized carbons (Fsp3) is 0.409. The van der Waals surface area contributed by atoms with Crippen LogP contribution in [-0.4, -0.2) is 66.8 Å². The number of benzene rings is 1. The van der Waals surface area contributed by atoms with E-state index in [1.165, 1.54) is 23.5 Å². The van der Waals surface area contributed by atoms with E-state index in [4.69, 9.17) is 11.6 Å². The van der Waals surface area contributed by atoms with Crippen LogP contribution < -0.4 is 10.6 Å². The lowest BCUT2D eigenvalue weighted by Crippen LogP contribution is -2.40. The second kappa shape index (κ2) is 10.9. The number of rotatable bonds is 6. The summed E-state index contributed by atoms with van der Waals surface area (Å²) in [6.45, 7) is 7.15. The van der Waals surface area contributed by atoms with Crippen LogP contribution in [0.25, 0.3) is 0 Å². The second-order valence-electron chi connectivity index (χ2n) is 7.58. The Labute approximate surface area is 195 Å². The highest BCUT2D eigenvalue weighted by Gasteiger charge is 2.24. The van der Waals surface area contributed by atoms with Gasteiger partial charge in [-0.05, 0) is 50.1 Å². The second-order valence-corrected chi connectivity index (χ2v) is 9.04. The summed E-state index contributed by atoms with van der Waals surface area (Å²) in [5.41, 5.74) is 0.927. The highest BCUT2D eigenvalue weighted by atomic mass is 35.5. The lowest BCUT2D eigenvalue weighted by Gasteiger charge is -2.21. The van der Waals surface area contributed by atoms with Gasteiger partial charge >= 0.3 is 0 Å². The Morgan fingerprint density at radius 3 is 2.66 bits per heavy atom. The number of anilines is 1. The lowest BCUT2D eigenvalue weighted by molar-refractivity contribution is -0.122. The number of aryl methyl sites for hydroxylation is 1. The Kier molecular flexibility index (Phi) is 8.22. The van der Waals surface area contributed by atoms with E-state index in [0.29, 0.717) is 42.6 Å². The van der Waals surface area contributed by atoms with Crippen molar-refractivity contribution in [3.63, 3.8) is 0 Å². The van der Waals surface area contributed by atoms with Gasteiger partial charge in [0.25, 0.3) is 11.8 Å². The summed E-state index contributed by atoms with van der Waals surface area (Å²) in [6, 6.07) is 5.32. The Hall–Kier alpha value is -2.49. The molecule has 0 saturated carbocycles. The van der Waals surface area contributed by atoms with Gasteiger partial charge in [-0.1, -0.05) is 11.6 Å². The molecule has 0 spiro atoms. The molecule has 0 radical (unpaired) electrons. The van der Waals surface area contributed by atoms with Gasteiger partial charge in [-0.25, -0.2) is 4.39 Å². The number of carbonyl (C=O) groups is 3. The van der Waals surface area contributed by atoms with E-state index in [1.807, 2.05) is 13.8 Å². The molecule has 1 fully saturated rings. The Morgan fingerprint density at radius 2 is 1.94 bits per heavy atom. The van der Waals surface area contributed by atoms with Crippen LogP contribution >= 0.6 is 22.9 Å². The average Bonchev–Trinajstić information content (AvgIpc) is 2.93. The zero-order chi connectivity index (χ0) is 23.3. The molecule has 3 amide bonds. The molecule has 2 N–H and O–H groups in total. The van der Waals surface area contributed by atoms with Crippen molar-refractivity contribution in [2.24, 2.45) is 0 Å². The fourth-order valence-electron chi connectivity index (χ4n) is 3.54. The van der Waals surface area contributed by atoms with Crippen molar-refractivity contribution in [2.45, 2.75) is 20.3 Å². The van der Waals surface area contributed by atoms with Gasteiger partial charge < -0.3 is 15.5 Å². The maximum atomic E-state index is 13.2. The van der Waals surface area contributed by atoms with Crippen LogP contribution in [0, 0.1) is 12.7 Å². The predicted octanol–water partition coefficient (Wildman–Crippen LogP) is 3.39. The van der Waals surface area contributed by atoms with E-state index in [1.54, 1.807) is 11.0 Å². The molecule has 2 heterocycles. The molecular weight excluding hydrogens is 455 g/mol. The molecule has 1 saturated heterocycles. The summed E-state index contributed by atoms with van der Waals surface area (Å²) in [6.07, 6.45) is 0.780. The first kappa shape index (κ1) is 24.2. The Balaban J connectivity index is 1.64. The van der Waals surface area contributed by atoms with Crippen LogP contribution in [0.5, 0.6) is 0 Å². The van der Waals surface area contributed by atoms with Crippen LogP contribution in [-0.2, 0) is 4.79 Å². The Morgan fingerprint density at radius 1 is 1.16 bits per heavy atom. The minimum Gasteiger partial charge on any atom is -0.355 e. The van der Waals surface area contributed by atoms with Crippen LogP contribution in [0.2, 0.25) is 5.02 Å². The molecule has 1 aliphatic rings. The van der Waals surface area contributed by atoms with E-state index >= 15 is 0 Å². The summed E-state index contributed by atoms with van der Waals surface area (Å²) in [5, 5.41) is 6.08. The number of nitrogens with zero attached hydrogens (tertiary/aromatic N) is 2. The Bertz CT molecular complexity index is 1010. The SMILES string of the molecule is CCNC(=O)CN1CCCN(C(=O)c2sc(NC(=O)c3ccc(F)cc3Cl)cc2C)CC1. The smallest absolute Gasteiger partial charge is 0.264 e. The minimum absolute atomic E-state index is 0.0111. The zero-order valence-electron chi connectivity index (χ0n) is 18.0. The van der Waals surface area contributed by atoms with Crippen molar-refractivity contribution in [3.05, 3.63) is 51.1 Å². The van der Waals surface area contributed by atoms with Crippen LogP contribution in [0.4, 0.5) is 9.39 Å². The number of hydrogen-bond donors (Lipinski definition) is 2. The largest absolute Gasteiger partial charge is 0.355 e. The maximum absolute atomic E-state index is 13.2. The molecule has 1 aromatic carbocycles. The van der Waals surface area contributed by atoms with Crippen molar-refractivity contribution in [2.75, 3.05) is 44.6 Å². The average molecular weight is 481 g/mol. The van der Waals surface area contributed by atoms with Crippen LogP contribution in [0.15, 0.2) is 24.3 Å². The van der Waals surface area contributed by atoms with Gasteiger partial charge in [-0.2, -0.15) is 0 Å². The van der Waals surface area contributed by atoms with E-state index in [-0.39, 0.29) is 22.4 Å². The minimum atomic E-state index is -0.520. The van der Waals surface area contributed by atoms with Gasteiger partial charge in [0.2, 0.25) is 5.91 Å². The third kappa shape index (κ3) is 6.05. The molecule has 10 heteroatoms. The standard InChI is InChI=1S/C22H26ClFN4O3S/c1-3-25-18(29)13-27-7-4-8-28(10-9-27)22(31)20-14(2)11-19(32-20)26-21(30)16-6-5-15(24)12-17(16)23/h5-6,11-12H,3-4,7-10,13H2,1-2H3,(H,25,29)(H,26,30). The van der Waals surface area contributed by atoms with Crippen LogP contribution in [0.1, 0.15) is 38.9 Å². The molecule has 0 unspecified atom stereocenters. The van der Waals surface area contributed by atoms with Gasteiger partial charge in [-0.3, -0.25) is 19.3 Å². The number of halogens is 2. The number of hydrogen-bond acceptors (Lipinski definition) is 5. The van der Waals surface area contributed by atoms with Crippen molar-refractivity contribution < 1.29 is 18.8 Å². The predicted molar refractivity (Wildman–Crippen MR) is 124 cm³/mol. The summed E-state index contributed by atoms with van der Waals surface area (Å²) < 4.78 is 13.2. The van der Waals surface area contributed by atoms with Crippen molar-refractivity contribution in [1.82, 2.24) is 15.1 Å². The highest BCUT2D eigenvalue weighted by molar-refractivity contribution is 7.18. The van der Waals surface area contributed by atoms with Crippen LogP contribution in [0.3, 0.4) is 0 Å². The van der Waals surface area contributed by atoms with E-state index in [9.17, 15) is 18.8 Å². The summed E-state index contributed by atoms with van der Waals surface area (Å²) in [4.78, 5) is 41.9. The quantitative estimate of drug-likeness (QED) is 0.664. The topological polar surface area (TPSA) is 81.8 Å². The lowest BCUT2D eigenvalue weighted by atomic mass is 10.2. The maximum Gasteiger partial charge on any atom is 0.264 e. The van der Waals surface area contributed by atoms with Crippen molar-refractivity contribution in [3.8, 4) is 0 Å². The number of thiophene rings is 1. The number of amides is 3. The molecule has 1 aromatic heterocycles. The molecule has 2 aromatic rings. The first-order valence-corrected chi connectivity index (χ1v) is 11.6. The molecule has 0 bridgehead atoms. The van der Waals surface area contributed by atoms with Crippen molar-refractivity contribution >= 4 is 45.7 Å². The number of nitrogens with one attached hydrogen (secondary N) is 2. The molecule has 7 nitrogen and oxygen atoms in total. The molecule has 32 heavy (non-hydrogen) atoms. The fourth-order valence-corrected chi connectivity index (χ4v) is 4.83. The van der Waals surface area contributed by atoms with Gasteiger partial charge in [0.05, 0.1) is 27.0 Å². The zero-order valence-corrected chi connectivity index (χ0v) is 19.6. The van der Waals surface area contributed by atoms with Gasteiger partial charge in [0.1, 0.15) is 5.82 Å². The monoisotopic (exact) mass is 480 g/mol. The molecule has 172 valence electrons. The van der Waals surface area contributed by atoms with Gasteiger partial charge in [0.15, 0.2) is 0 Å². The number of likely N-dealkylation sites (N-methyl/N-ethyl adjacent to an activating group) is 1. The van der Waals surface area contributed by atoms with E-state index in [2.05, 4.69) is 15.5 Å². The molecule has 3 rings (SSSR count). The summed E-state index contributed by atoms with van der Waals surface area (Å²) >= 11 is 7.17. The van der Waals surface area contributed by atoms with Crippen molar-refractivity contribution in [1.29, 1.82) is 0 Å². The first-order valence-electron chi connectivity index (χ1n) is 10.4. The molecule has 1 aliphatic heterocycles. The molecule has 0 aliphatic carbocycles. The van der Waals surface area contributed by atoms with E-state index in [0.717, 1.165) is 24.6 Å². The highest BCUT2D eigenvalue weighted by Crippen LogP contribution is 2.29. The van der Waals surface area contributed by atoms with Gasteiger partial charge in [-0.15, -0.1) is 11.3 Å². The summed E-state index contributed by atoms with van der Waals surface area (Å²) in [7, 11) is 0. The third-order valence-electron chi connectivity index (χ3n) is 5.14. The van der Waals surface area contributed by atoms with E-state index < -0.39 is 11.7 Å². The van der Waals surface area contributed by atoms with Gasteiger partial charge in [0, 0.05) is 32.7 Å². The third-order valence-corrected chi connectivity index (χ3v) is 6.59. The summed E-state index contributed by atoms with van der Waals surface area (Å²) in [5.74, 6) is -1.09. The molecular formula is C22H26ClFN4O3S. The number of carbonyl (C=O) groups excluding carboxylic acids is 3. The molecule has 0 atom stereocenters. The normalized spacial score (nSPS) is 14.7. The first-order chi connectivity index (χ1) is 15.3.